The molecule has 2 aromatic rings. The fourth-order valence-corrected chi connectivity index (χ4v) is 3.64. The van der Waals surface area contributed by atoms with E-state index in [-0.39, 0.29) is 5.91 Å². The van der Waals surface area contributed by atoms with Gasteiger partial charge in [-0.2, -0.15) is 0 Å². The van der Waals surface area contributed by atoms with Crippen LogP contribution in [0.2, 0.25) is 0 Å². The van der Waals surface area contributed by atoms with Crippen LogP contribution in [-0.2, 0) is 22.5 Å². The van der Waals surface area contributed by atoms with Gasteiger partial charge in [0.25, 0.3) is 5.91 Å². The molecule has 1 amide bonds. The second-order valence-corrected chi connectivity index (χ2v) is 6.80. The van der Waals surface area contributed by atoms with Crippen molar-refractivity contribution in [3.05, 3.63) is 40.9 Å². The zero-order valence-electron chi connectivity index (χ0n) is 13.2. The number of morpholine rings is 1. The van der Waals surface area contributed by atoms with Crippen molar-refractivity contribution in [3.63, 3.8) is 0 Å². The number of hydrogen-bond donors (Lipinski definition) is 1. The number of nitrogens with zero attached hydrogens (tertiary/aromatic N) is 2. The monoisotopic (exact) mass is 345 g/mol. The summed E-state index contributed by atoms with van der Waals surface area (Å²) in [6.45, 7) is 4.18. The molecule has 3 heterocycles. The second kappa shape index (κ2) is 6.88. The zero-order chi connectivity index (χ0) is 16.4. The quantitative estimate of drug-likeness (QED) is 0.917. The number of thiazole rings is 1. The summed E-state index contributed by atoms with van der Waals surface area (Å²) < 4.78 is 11.1. The van der Waals surface area contributed by atoms with Gasteiger partial charge in [-0.05, 0) is 11.6 Å². The highest BCUT2D eigenvalue weighted by Gasteiger charge is 2.29. The number of aromatic nitrogens is 1. The van der Waals surface area contributed by atoms with Crippen LogP contribution in [0.5, 0.6) is 5.75 Å². The minimum atomic E-state index is -0.478. The summed E-state index contributed by atoms with van der Waals surface area (Å²) in [6.07, 6.45) is 0.127. The Bertz CT molecular complexity index is 702. The molecule has 0 aliphatic carbocycles. The average molecular weight is 345 g/mol. The number of anilines is 1. The van der Waals surface area contributed by atoms with Gasteiger partial charge in [-0.1, -0.05) is 18.2 Å². The van der Waals surface area contributed by atoms with Gasteiger partial charge in [0.1, 0.15) is 5.75 Å². The van der Waals surface area contributed by atoms with Crippen molar-refractivity contribution >= 4 is 22.4 Å². The van der Waals surface area contributed by atoms with E-state index >= 15 is 0 Å². The van der Waals surface area contributed by atoms with Crippen LogP contribution in [0.3, 0.4) is 0 Å². The number of benzene rings is 1. The first-order chi connectivity index (χ1) is 11.8. The highest BCUT2D eigenvalue weighted by Crippen LogP contribution is 2.29. The Balaban J connectivity index is 1.33. The summed E-state index contributed by atoms with van der Waals surface area (Å²) in [5, 5.41) is 5.50. The van der Waals surface area contributed by atoms with Gasteiger partial charge in [0.2, 0.25) is 0 Å². The molecule has 0 saturated carbocycles. The van der Waals surface area contributed by atoms with Crippen LogP contribution in [0.15, 0.2) is 29.6 Å². The van der Waals surface area contributed by atoms with Crippen LogP contribution >= 0.6 is 11.3 Å². The molecule has 4 rings (SSSR count). The number of para-hydroxylation sites is 1. The van der Waals surface area contributed by atoms with Crippen LogP contribution in [0.25, 0.3) is 0 Å². The number of carbonyl (C=O) groups excluding carboxylic acids is 1. The Morgan fingerprint density at radius 1 is 1.33 bits per heavy atom. The van der Waals surface area contributed by atoms with Crippen LogP contribution in [-0.4, -0.2) is 48.2 Å². The lowest BCUT2D eigenvalue weighted by Crippen LogP contribution is -2.35. The normalized spacial score (nSPS) is 20.4. The van der Waals surface area contributed by atoms with Crippen LogP contribution < -0.4 is 10.1 Å². The third kappa shape index (κ3) is 3.43. The molecule has 1 aromatic carbocycles. The maximum Gasteiger partial charge on any atom is 0.267 e. The van der Waals surface area contributed by atoms with E-state index in [1.54, 1.807) is 0 Å². The molecule has 0 radical (unpaired) electrons. The van der Waals surface area contributed by atoms with E-state index < -0.39 is 6.10 Å². The molecule has 0 spiro atoms. The van der Waals surface area contributed by atoms with Crippen LogP contribution in [0.4, 0.5) is 5.13 Å². The van der Waals surface area contributed by atoms with Crippen molar-refractivity contribution in [3.8, 4) is 5.75 Å². The summed E-state index contributed by atoms with van der Waals surface area (Å²) in [7, 11) is 0. The van der Waals surface area contributed by atoms with E-state index in [0.29, 0.717) is 11.6 Å². The molecular weight excluding hydrogens is 326 g/mol. The van der Waals surface area contributed by atoms with Gasteiger partial charge >= 0.3 is 0 Å². The summed E-state index contributed by atoms with van der Waals surface area (Å²) >= 11 is 1.45. The van der Waals surface area contributed by atoms with Crippen molar-refractivity contribution in [2.45, 2.75) is 19.1 Å². The summed E-state index contributed by atoms with van der Waals surface area (Å²) in [6, 6.07) is 7.76. The van der Waals surface area contributed by atoms with E-state index in [9.17, 15) is 4.79 Å². The predicted molar refractivity (Wildman–Crippen MR) is 91.4 cm³/mol. The van der Waals surface area contributed by atoms with Crippen molar-refractivity contribution in [2.24, 2.45) is 0 Å². The van der Waals surface area contributed by atoms with Gasteiger partial charge in [0.05, 0.1) is 18.9 Å². The highest BCUT2D eigenvalue weighted by molar-refractivity contribution is 7.13. The van der Waals surface area contributed by atoms with Crippen molar-refractivity contribution in [2.75, 3.05) is 31.6 Å². The van der Waals surface area contributed by atoms with Crippen molar-refractivity contribution in [1.29, 1.82) is 0 Å². The molecule has 1 atom stereocenters. The van der Waals surface area contributed by atoms with Gasteiger partial charge < -0.3 is 9.47 Å². The molecule has 2 aliphatic heterocycles. The molecule has 126 valence electrons. The third-order valence-electron chi connectivity index (χ3n) is 4.21. The number of fused-ring (bicyclic) bond motifs is 1. The fourth-order valence-electron chi connectivity index (χ4n) is 2.94. The number of carbonyl (C=O) groups is 1. The summed E-state index contributed by atoms with van der Waals surface area (Å²) in [4.78, 5) is 19.2. The van der Waals surface area contributed by atoms with Gasteiger partial charge in [-0.15, -0.1) is 11.3 Å². The number of nitrogens with one attached hydrogen (secondary N) is 1. The molecular formula is C17H19N3O3S. The molecule has 1 saturated heterocycles. The molecule has 6 nitrogen and oxygen atoms in total. The predicted octanol–water partition coefficient (Wildman–Crippen LogP) is 1.92. The number of rotatable bonds is 4. The Labute approximate surface area is 144 Å². The van der Waals surface area contributed by atoms with Crippen LogP contribution in [0.1, 0.15) is 11.3 Å². The first-order valence-electron chi connectivity index (χ1n) is 8.08. The molecule has 1 fully saturated rings. The van der Waals surface area contributed by atoms with Gasteiger partial charge in [-0.3, -0.25) is 15.0 Å². The van der Waals surface area contributed by atoms with Crippen molar-refractivity contribution in [1.82, 2.24) is 9.88 Å². The summed E-state index contributed by atoms with van der Waals surface area (Å²) in [5.41, 5.74) is 2.05. The lowest BCUT2D eigenvalue weighted by Gasteiger charge is -2.25. The average Bonchev–Trinajstić information content (AvgIpc) is 3.22. The van der Waals surface area contributed by atoms with Gasteiger partial charge in [0.15, 0.2) is 11.2 Å². The maximum absolute atomic E-state index is 12.4. The smallest absolute Gasteiger partial charge is 0.267 e. The summed E-state index contributed by atoms with van der Waals surface area (Å²) in [5.74, 6) is 0.656. The second-order valence-electron chi connectivity index (χ2n) is 5.94. The van der Waals surface area contributed by atoms with Crippen molar-refractivity contribution < 1.29 is 14.3 Å². The first kappa shape index (κ1) is 15.6. The number of ether oxygens (including phenoxy) is 2. The SMILES string of the molecule is O=C(Nc1nc(CN2CCOCC2)cs1)[C@H]1Cc2ccccc2O1. The van der Waals surface area contributed by atoms with E-state index in [2.05, 4.69) is 15.2 Å². The Hall–Kier alpha value is -1.96. The number of amides is 1. The lowest BCUT2D eigenvalue weighted by molar-refractivity contribution is -0.122. The molecule has 0 unspecified atom stereocenters. The third-order valence-corrected chi connectivity index (χ3v) is 5.02. The molecule has 0 bridgehead atoms. The molecule has 1 aromatic heterocycles. The lowest BCUT2D eigenvalue weighted by atomic mass is 10.1. The standard InChI is InChI=1S/C17H19N3O3S/c21-16(15-9-12-3-1-2-4-14(12)23-15)19-17-18-13(11-24-17)10-20-5-7-22-8-6-20/h1-4,11,15H,5-10H2,(H,18,19,21)/t15-/m1/s1. The molecule has 2 aliphatic rings. The minimum absolute atomic E-state index is 0.140. The maximum atomic E-state index is 12.4. The van der Waals surface area contributed by atoms with E-state index in [0.717, 1.165) is 49.9 Å². The molecule has 24 heavy (non-hydrogen) atoms. The molecule has 1 N–H and O–H groups in total. The van der Waals surface area contributed by atoms with Gasteiger partial charge in [-0.25, -0.2) is 4.98 Å². The molecule has 7 heteroatoms. The van der Waals surface area contributed by atoms with E-state index in [4.69, 9.17) is 9.47 Å². The Kier molecular flexibility index (Phi) is 4.46. The first-order valence-corrected chi connectivity index (χ1v) is 8.96. The highest BCUT2D eigenvalue weighted by atomic mass is 32.1. The minimum Gasteiger partial charge on any atom is -0.480 e. The van der Waals surface area contributed by atoms with E-state index in [1.807, 2.05) is 29.6 Å². The zero-order valence-corrected chi connectivity index (χ0v) is 14.1. The Morgan fingerprint density at radius 3 is 3.00 bits per heavy atom. The number of hydrogen-bond acceptors (Lipinski definition) is 6. The van der Waals surface area contributed by atoms with Gasteiger partial charge in [0, 0.05) is 31.4 Å². The Morgan fingerprint density at radius 2 is 2.17 bits per heavy atom. The topological polar surface area (TPSA) is 63.7 Å². The largest absolute Gasteiger partial charge is 0.480 e. The fraction of sp³-hybridized carbons (Fsp3) is 0.412. The van der Waals surface area contributed by atoms with Crippen LogP contribution in [0, 0.1) is 0 Å². The van der Waals surface area contributed by atoms with E-state index in [1.165, 1.54) is 11.3 Å².